The molecule has 0 aliphatic rings. The van der Waals surface area contributed by atoms with Gasteiger partial charge in [0.1, 0.15) is 17.4 Å². The summed E-state index contributed by atoms with van der Waals surface area (Å²) in [6, 6.07) is 18.3. The Labute approximate surface area is 161 Å². The molecule has 0 fully saturated rings. The van der Waals surface area contributed by atoms with Crippen molar-refractivity contribution in [2.75, 3.05) is 0 Å². The fourth-order valence-corrected chi connectivity index (χ4v) is 2.87. The van der Waals surface area contributed by atoms with E-state index in [0.29, 0.717) is 22.8 Å². The van der Waals surface area contributed by atoms with Gasteiger partial charge in [0.25, 0.3) is 0 Å². The lowest BCUT2D eigenvalue weighted by Crippen LogP contribution is -2.10. The van der Waals surface area contributed by atoms with Gasteiger partial charge in [-0.2, -0.15) is 0 Å². The van der Waals surface area contributed by atoms with Gasteiger partial charge >= 0.3 is 0 Å². The Kier molecular flexibility index (Phi) is 4.25. The summed E-state index contributed by atoms with van der Waals surface area (Å²) in [6.07, 6.45) is 1.73. The van der Waals surface area contributed by atoms with E-state index in [4.69, 9.17) is 27.0 Å². The molecule has 0 saturated carbocycles. The molecular formula is C21H18N6O. The number of fused-ring (bicyclic) bond motifs is 1. The van der Waals surface area contributed by atoms with Crippen molar-refractivity contribution in [1.29, 1.82) is 10.8 Å². The average molecular weight is 370 g/mol. The lowest BCUT2D eigenvalue weighted by molar-refractivity contribution is 0.463. The number of aromatic nitrogens is 2. The number of nitrogens with zero attached hydrogens (tertiary/aromatic N) is 1. The minimum absolute atomic E-state index is 0.0165. The van der Waals surface area contributed by atoms with Crippen LogP contribution in [0.5, 0.6) is 11.6 Å². The maximum absolute atomic E-state index is 7.55. The van der Waals surface area contributed by atoms with Gasteiger partial charge in [-0.15, -0.1) is 0 Å². The highest BCUT2D eigenvalue weighted by Gasteiger charge is 2.07. The largest absolute Gasteiger partial charge is 0.439 e. The number of H-pyrrole nitrogens is 1. The fourth-order valence-electron chi connectivity index (χ4n) is 2.87. The third-order valence-electron chi connectivity index (χ3n) is 4.37. The lowest BCUT2D eigenvalue weighted by atomic mass is 10.1. The van der Waals surface area contributed by atoms with Crippen molar-refractivity contribution in [2.45, 2.75) is 0 Å². The van der Waals surface area contributed by atoms with Crippen molar-refractivity contribution in [3.8, 4) is 22.9 Å². The quantitative estimate of drug-likeness (QED) is 0.271. The zero-order valence-electron chi connectivity index (χ0n) is 14.9. The van der Waals surface area contributed by atoms with E-state index in [1.165, 1.54) is 0 Å². The van der Waals surface area contributed by atoms with Crippen LogP contribution in [0.3, 0.4) is 0 Å². The number of rotatable bonds is 5. The standard InChI is InChI=1S/C21H18N6O/c22-20(23)12-3-6-16(7-4-12)28-19-8-5-15(11-26-19)18-9-13-1-2-14(21(24)25)10-17(13)27-18/h1-11,27H,(H3,22,23)(H3,24,25). The van der Waals surface area contributed by atoms with Crippen LogP contribution in [0, 0.1) is 10.8 Å². The molecule has 7 heteroatoms. The van der Waals surface area contributed by atoms with Crippen LogP contribution in [0.15, 0.2) is 66.9 Å². The molecule has 2 aromatic carbocycles. The molecule has 0 aliphatic heterocycles. The van der Waals surface area contributed by atoms with E-state index >= 15 is 0 Å². The Morgan fingerprint density at radius 1 is 0.857 bits per heavy atom. The smallest absolute Gasteiger partial charge is 0.219 e. The van der Waals surface area contributed by atoms with Crippen molar-refractivity contribution in [3.05, 3.63) is 78.0 Å². The van der Waals surface area contributed by atoms with Crippen LogP contribution >= 0.6 is 0 Å². The zero-order valence-corrected chi connectivity index (χ0v) is 14.9. The summed E-state index contributed by atoms with van der Waals surface area (Å²) in [7, 11) is 0. The van der Waals surface area contributed by atoms with Crippen LogP contribution in [0.4, 0.5) is 0 Å². The van der Waals surface area contributed by atoms with Crippen molar-refractivity contribution in [1.82, 2.24) is 9.97 Å². The first-order valence-electron chi connectivity index (χ1n) is 8.55. The number of pyridine rings is 1. The number of nitrogens with two attached hydrogens (primary N) is 2. The molecule has 0 atom stereocenters. The van der Waals surface area contributed by atoms with Gasteiger partial charge in [-0.3, -0.25) is 10.8 Å². The topological polar surface area (TPSA) is 138 Å². The van der Waals surface area contributed by atoms with E-state index in [1.54, 1.807) is 36.5 Å². The van der Waals surface area contributed by atoms with Crippen LogP contribution in [-0.4, -0.2) is 21.6 Å². The number of ether oxygens (including phenoxy) is 1. The third-order valence-corrected chi connectivity index (χ3v) is 4.37. The molecule has 2 aromatic heterocycles. The van der Waals surface area contributed by atoms with Crippen molar-refractivity contribution in [3.63, 3.8) is 0 Å². The Morgan fingerprint density at radius 3 is 2.21 bits per heavy atom. The molecule has 0 radical (unpaired) electrons. The number of benzene rings is 2. The minimum Gasteiger partial charge on any atom is -0.439 e. The summed E-state index contributed by atoms with van der Waals surface area (Å²) in [5.41, 5.74) is 15.1. The van der Waals surface area contributed by atoms with Gasteiger partial charge in [-0.05, 0) is 42.5 Å². The second kappa shape index (κ2) is 6.88. The van der Waals surface area contributed by atoms with Crippen molar-refractivity contribution >= 4 is 22.6 Å². The second-order valence-corrected chi connectivity index (χ2v) is 6.32. The van der Waals surface area contributed by atoms with Crippen LogP contribution in [0.1, 0.15) is 11.1 Å². The Hall–Kier alpha value is -4.13. The molecule has 7 N–H and O–H groups in total. The number of nitrogens with one attached hydrogen (secondary N) is 3. The molecule has 4 aromatic rings. The Balaban J connectivity index is 1.55. The number of hydrogen-bond donors (Lipinski definition) is 5. The summed E-state index contributed by atoms with van der Waals surface area (Å²) in [6.45, 7) is 0. The number of hydrogen-bond acceptors (Lipinski definition) is 4. The van der Waals surface area contributed by atoms with Gasteiger partial charge in [0, 0.05) is 45.6 Å². The summed E-state index contributed by atoms with van der Waals surface area (Å²) >= 11 is 0. The van der Waals surface area contributed by atoms with Crippen LogP contribution in [-0.2, 0) is 0 Å². The van der Waals surface area contributed by atoms with Crippen LogP contribution in [0.25, 0.3) is 22.2 Å². The highest BCUT2D eigenvalue weighted by Crippen LogP contribution is 2.26. The Morgan fingerprint density at radius 2 is 1.57 bits per heavy atom. The van der Waals surface area contributed by atoms with Crippen LogP contribution in [0.2, 0.25) is 0 Å². The summed E-state index contributed by atoms with van der Waals surface area (Å²) in [5, 5.41) is 16.0. The van der Waals surface area contributed by atoms with Gasteiger partial charge in [0.05, 0.1) is 0 Å². The maximum atomic E-state index is 7.55. The van der Waals surface area contributed by atoms with E-state index in [9.17, 15) is 0 Å². The molecule has 0 unspecified atom stereocenters. The molecule has 7 nitrogen and oxygen atoms in total. The monoisotopic (exact) mass is 370 g/mol. The molecule has 0 bridgehead atoms. The molecule has 0 saturated heterocycles. The highest BCUT2D eigenvalue weighted by atomic mass is 16.5. The minimum atomic E-state index is 0.0165. The normalized spacial score (nSPS) is 10.7. The summed E-state index contributed by atoms with van der Waals surface area (Å²) in [5.74, 6) is 1.14. The Bertz CT molecular complexity index is 1180. The SMILES string of the molecule is N=C(N)c1ccc(Oc2ccc(-c3cc4ccc(C(=N)N)cc4[nH]3)cn2)cc1. The molecule has 2 heterocycles. The molecule has 4 rings (SSSR count). The van der Waals surface area contributed by atoms with E-state index in [0.717, 1.165) is 22.2 Å². The maximum Gasteiger partial charge on any atom is 0.219 e. The van der Waals surface area contributed by atoms with E-state index in [-0.39, 0.29) is 11.7 Å². The number of aromatic amines is 1. The zero-order chi connectivity index (χ0) is 19.7. The van der Waals surface area contributed by atoms with E-state index in [2.05, 4.69) is 9.97 Å². The predicted octanol–water partition coefficient (Wildman–Crippen LogP) is 3.59. The average Bonchev–Trinajstić information content (AvgIpc) is 3.12. The van der Waals surface area contributed by atoms with Gasteiger partial charge in [-0.25, -0.2) is 4.98 Å². The molecule has 0 amide bonds. The first-order valence-corrected chi connectivity index (χ1v) is 8.55. The van der Waals surface area contributed by atoms with E-state index in [1.807, 2.05) is 30.3 Å². The second-order valence-electron chi connectivity index (χ2n) is 6.32. The fraction of sp³-hybridized carbons (Fsp3) is 0. The predicted molar refractivity (Wildman–Crippen MR) is 110 cm³/mol. The molecule has 28 heavy (non-hydrogen) atoms. The van der Waals surface area contributed by atoms with Crippen LogP contribution < -0.4 is 16.2 Å². The summed E-state index contributed by atoms with van der Waals surface area (Å²) < 4.78 is 5.73. The first-order chi connectivity index (χ1) is 13.5. The van der Waals surface area contributed by atoms with Gasteiger partial charge in [0.2, 0.25) is 5.88 Å². The summed E-state index contributed by atoms with van der Waals surface area (Å²) in [4.78, 5) is 7.69. The molecular weight excluding hydrogens is 352 g/mol. The van der Waals surface area contributed by atoms with Gasteiger partial charge in [-0.1, -0.05) is 12.1 Å². The van der Waals surface area contributed by atoms with E-state index < -0.39 is 0 Å². The third kappa shape index (κ3) is 3.41. The van der Waals surface area contributed by atoms with Crippen molar-refractivity contribution < 1.29 is 4.74 Å². The lowest BCUT2D eigenvalue weighted by Gasteiger charge is -2.06. The first kappa shape index (κ1) is 17.3. The van der Waals surface area contributed by atoms with Gasteiger partial charge in [0.15, 0.2) is 0 Å². The molecule has 138 valence electrons. The van der Waals surface area contributed by atoms with Crippen molar-refractivity contribution in [2.24, 2.45) is 11.5 Å². The highest BCUT2D eigenvalue weighted by molar-refractivity contribution is 5.99. The number of amidine groups is 2. The molecule has 0 spiro atoms. The number of nitrogen functional groups attached to an aromatic ring is 2. The van der Waals surface area contributed by atoms with Gasteiger partial charge < -0.3 is 21.2 Å². The molecule has 0 aliphatic carbocycles.